The Balaban J connectivity index is 1.96. The number of amides is 1. The van der Waals surface area contributed by atoms with Gasteiger partial charge < -0.3 is 10.1 Å². The van der Waals surface area contributed by atoms with E-state index in [4.69, 9.17) is 22.8 Å². The molecule has 112 valence electrons. The van der Waals surface area contributed by atoms with E-state index < -0.39 is 11.9 Å². The molecule has 6 heteroatoms. The van der Waals surface area contributed by atoms with Crippen molar-refractivity contribution in [3.8, 4) is 22.8 Å². The van der Waals surface area contributed by atoms with Crippen molar-refractivity contribution in [2.45, 2.75) is 0 Å². The normalized spacial score (nSPS) is 9.82. The van der Waals surface area contributed by atoms with Crippen molar-refractivity contribution < 1.29 is 14.3 Å². The molecule has 4 nitrogen and oxygen atoms in total. The van der Waals surface area contributed by atoms with Crippen LogP contribution in [-0.2, 0) is 9.53 Å². The number of halogens is 1. The largest absolute Gasteiger partial charge is 0.451 e. The van der Waals surface area contributed by atoms with Gasteiger partial charge in [0.05, 0.1) is 6.54 Å². The predicted octanol–water partition coefficient (Wildman–Crippen LogP) is 2.97. The Morgan fingerprint density at radius 3 is 2.64 bits per heavy atom. The zero-order valence-corrected chi connectivity index (χ0v) is 13.0. The average molecular weight is 334 g/mol. The van der Waals surface area contributed by atoms with Crippen LogP contribution in [0.1, 0.15) is 9.67 Å². The molecule has 0 bridgehead atoms. The number of esters is 1. The van der Waals surface area contributed by atoms with E-state index in [1.807, 2.05) is 18.2 Å². The van der Waals surface area contributed by atoms with Crippen LogP contribution in [0.5, 0.6) is 0 Å². The van der Waals surface area contributed by atoms with Crippen LogP contribution in [0.2, 0.25) is 5.02 Å². The fourth-order valence-corrected chi connectivity index (χ4v) is 2.65. The Hall–Kier alpha value is -2.29. The van der Waals surface area contributed by atoms with Gasteiger partial charge in [0.15, 0.2) is 6.61 Å². The van der Waals surface area contributed by atoms with Gasteiger partial charge in [0.1, 0.15) is 4.88 Å². The molecule has 0 spiro atoms. The molecule has 1 aromatic heterocycles. The van der Waals surface area contributed by atoms with Crippen LogP contribution in [0.15, 0.2) is 36.4 Å². The molecule has 0 unspecified atom stereocenters. The molecule has 0 aliphatic rings. The van der Waals surface area contributed by atoms with Gasteiger partial charge in [0, 0.05) is 9.90 Å². The molecule has 2 aromatic rings. The fraction of sp³-hybridized carbons (Fsp3) is 0.125. The summed E-state index contributed by atoms with van der Waals surface area (Å²) in [6.07, 6.45) is 5.01. The molecule has 1 N–H and O–H groups in total. The van der Waals surface area contributed by atoms with Gasteiger partial charge in [-0.15, -0.1) is 17.8 Å². The lowest BCUT2D eigenvalue weighted by Crippen LogP contribution is -2.28. The van der Waals surface area contributed by atoms with Crippen molar-refractivity contribution >= 4 is 34.8 Å². The van der Waals surface area contributed by atoms with Crippen LogP contribution >= 0.6 is 22.9 Å². The summed E-state index contributed by atoms with van der Waals surface area (Å²) in [6.45, 7) is -0.245. The number of hydrogen-bond donors (Lipinski definition) is 1. The number of thiophene rings is 1. The maximum Gasteiger partial charge on any atom is 0.348 e. The van der Waals surface area contributed by atoms with Crippen molar-refractivity contribution in [3.63, 3.8) is 0 Å². The number of carbonyl (C=O) groups excluding carboxylic acids is 2. The van der Waals surface area contributed by atoms with Crippen LogP contribution < -0.4 is 5.32 Å². The van der Waals surface area contributed by atoms with E-state index in [1.54, 1.807) is 18.2 Å². The van der Waals surface area contributed by atoms with Gasteiger partial charge in [-0.1, -0.05) is 29.7 Å². The highest BCUT2D eigenvalue weighted by Gasteiger charge is 2.13. The SMILES string of the molecule is C#CCNC(=O)COC(=O)c1ccc(-c2ccc(Cl)cc2)s1. The van der Waals surface area contributed by atoms with Crippen LogP contribution in [-0.4, -0.2) is 25.0 Å². The number of benzene rings is 1. The summed E-state index contributed by atoms with van der Waals surface area (Å²) in [7, 11) is 0. The Bertz CT molecular complexity index is 716. The quantitative estimate of drug-likeness (QED) is 0.676. The van der Waals surface area contributed by atoms with Crippen LogP contribution in [0, 0.1) is 12.3 Å². The molecule has 1 aromatic carbocycles. The number of hydrogen-bond acceptors (Lipinski definition) is 4. The molecule has 2 rings (SSSR count). The molecule has 0 aliphatic heterocycles. The highest BCUT2D eigenvalue weighted by Crippen LogP contribution is 2.29. The number of rotatable bonds is 5. The number of ether oxygens (including phenoxy) is 1. The molecule has 0 fully saturated rings. The minimum atomic E-state index is -0.541. The van der Waals surface area contributed by atoms with Crippen molar-refractivity contribution in [1.82, 2.24) is 5.32 Å². The fourth-order valence-electron chi connectivity index (χ4n) is 1.62. The smallest absolute Gasteiger partial charge is 0.348 e. The van der Waals surface area contributed by atoms with Crippen LogP contribution in [0.25, 0.3) is 10.4 Å². The second-order valence-electron chi connectivity index (χ2n) is 4.23. The second-order valence-corrected chi connectivity index (χ2v) is 5.75. The first-order valence-corrected chi connectivity index (χ1v) is 7.52. The average Bonchev–Trinajstić information content (AvgIpc) is 3.01. The molecule has 0 saturated heterocycles. The minimum Gasteiger partial charge on any atom is -0.451 e. The molecular weight excluding hydrogens is 322 g/mol. The van der Waals surface area contributed by atoms with Crippen molar-refractivity contribution in [3.05, 3.63) is 46.3 Å². The molecule has 1 amide bonds. The maximum absolute atomic E-state index is 11.9. The summed E-state index contributed by atoms with van der Waals surface area (Å²) in [5, 5.41) is 3.06. The minimum absolute atomic E-state index is 0.107. The van der Waals surface area contributed by atoms with E-state index in [9.17, 15) is 9.59 Å². The van der Waals surface area contributed by atoms with Gasteiger partial charge in [0.25, 0.3) is 5.91 Å². The summed E-state index contributed by atoms with van der Waals surface area (Å²) < 4.78 is 4.92. The highest BCUT2D eigenvalue weighted by molar-refractivity contribution is 7.17. The third-order valence-corrected chi connectivity index (χ3v) is 4.02. The molecule has 0 radical (unpaired) electrons. The first kappa shape index (κ1) is 16.1. The predicted molar refractivity (Wildman–Crippen MR) is 86.9 cm³/mol. The lowest BCUT2D eigenvalue weighted by Gasteiger charge is -2.02. The van der Waals surface area contributed by atoms with Crippen molar-refractivity contribution in [1.29, 1.82) is 0 Å². The monoisotopic (exact) mass is 333 g/mol. The topological polar surface area (TPSA) is 55.4 Å². The lowest BCUT2D eigenvalue weighted by molar-refractivity contribution is -0.123. The summed E-state index contributed by atoms with van der Waals surface area (Å²) in [6, 6.07) is 10.8. The Kier molecular flexibility index (Phi) is 5.59. The zero-order chi connectivity index (χ0) is 15.9. The molecule has 1 heterocycles. The number of carbonyl (C=O) groups is 2. The van der Waals surface area contributed by atoms with E-state index in [2.05, 4.69) is 11.2 Å². The molecule has 22 heavy (non-hydrogen) atoms. The number of nitrogens with one attached hydrogen (secondary N) is 1. The van der Waals surface area contributed by atoms with Crippen molar-refractivity contribution in [2.24, 2.45) is 0 Å². The van der Waals surface area contributed by atoms with E-state index in [1.165, 1.54) is 11.3 Å². The van der Waals surface area contributed by atoms with E-state index >= 15 is 0 Å². The number of terminal acetylenes is 1. The van der Waals surface area contributed by atoms with Gasteiger partial charge in [-0.05, 0) is 29.8 Å². The molecule has 0 atom stereocenters. The summed E-state index contributed by atoms with van der Waals surface area (Å²) in [4.78, 5) is 24.5. The lowest BCUT2D eigenvalue weighted by atomic mass is 10.2. The summed E-state index contributed by atoms with van der Waals surface area (Å²) >= 11 is 7.13. The molecule has 0 saturated carbocycles. The van der Waals surface area contributed by atoms with E-state index in [-0.39, 0.29) is 13.2 Å². The third kappa shape index (κ3) is 4.35. The van der Waals surface area contributed by atoms with Gasteiger partial charge >= 0.3 is 5.97 Å². The summed E-state index contributed by atoms with van der Waals surface area (Å²) in [5.74, 6) is 1.29. The van der Waals surface area contributed by atoms with Crippen LogP contribution in [0.3, 0.4) is 0 Å². The second kappa shape index (κ2) is 7.64. The third-order valence-electron chi connectivity index (χ3n) is 2.66. The van der Waals surface area contributed by atoms with E-state index in [0.717, 1.165) is 10.4 Å². The first-order valence-electron chi connectivity index (χ1n) is 6.33. The molecule has 0 aliphatic carbocycles. The molecular formula is C16H12ClNO3S. The van der Waals surface area contributed by atoms with Crippen LogP contribution in [0.4, 0.5) is 0 Å². The Morgan fingerprint density at radius 2 is 1.95 bits per heavy atom. The van der Waals surface area contributed by atoms with E-state index in [0.29, 0.717) is 9.90 Å². The van der Waals surface area contributed by atoms with Crippen molar-refractivity contribution in [2.75, 3.05) is 13.2 Å². The highest BCUT2D eigenvalue weighted by atomic mass is 35.5. The summed E-state index contributed by atoms with van der Waals surface area (Å²) in [5.41, 5.74) is 0.959. The standard InChI is InChI=1S/C16H12ClNO3S/c1-2-9-18-15(19)10-21-16(20)14-8-7-13(22-14)11-3-5-12(17)6-4-11/h1,3-8H,9-10H2,(H,18,19). The Labute approximate surface area is 137 Å². The maximum atomic E-state index is 11.9. The zero-order valence-electron chi connectivity index (χ0n) is 11.5. The first-order chi connectivity index (χ1) is 10.6. The Morgan fingerprint density at radius 1 is 1.23 bits per heavy atom. The van der Waals surface area contributed by atoms with Gasteiger partial charge in [0.2, 0.25) is 0 Å². The van der Waals surface area contributed by atoms with Gasteiger partial charge in [-0.2, -0.15) is 0 Å². The van der Waals surface area contributed by atoms with Gasteiger partial charge in [-0.3, -0.25) is 4.79 Å². The van der Waals surface area contributed by atoms with Gasteiger partial charge in [-0.25, -0.2) is 4.79 Å².